The monoisotopic (exact) mass is 411 g/mol. The van der Waals surface area contributed by atoms with Crippen LogP contribution in [0.1, 0.15) is 28.4 Å². The van der Waals surface area contributed by atoms with Crippen molar-refractivity contribution in [1.29, 1.82) is 0 Å². The average molecular weight is 411 g/mol. The van der Waals surface area contributed by atoms with E-state index in [1.54, 1.807) is 12.4 Å². The summed E-state index contributed by atoms with van der Waals surface area (Å²) in [4.78, 5) is 24.9. The molecule has 0 spiro atoms. The van der Waals surface area contributed by atoms with Gasteiger partial charge in [-0.1, -0.05) is 12.1 Å². The van der Waals surface area contributed by atoms with Crippen molar-refractivity contribution in [2.75, 3.05) is 6.54 Å². The van der Waals surface area contributed by atoms with E-state index in [-0.39, 0.29) is 5.91 Å². The van der Waals surface area contributed by atoms with Crippen LogP contribution in [0.3, 0.4) is 0 Å². The zero-order valence-corrected chi connectivity index (χ0v) is 17.0. The van der Waals surface area contributed by atoms with Gasteiger partial charge in [0.1, 0.15) is 11.6 Å². The fraction of sp³-hybridized carbons (Fsp3) is 0.174. The number of aromatic nitrogens is 6. The molecule has 5 rings (SSSR count). The molecule has 0 atom stereocenters. The van der Waals surface area contributed by atoms with Gasteiger partial charge in [0.15, 0.2) is 5.65 Å². The van der Waals surface area contributed by atoms with E-state index in [2.05, 4.69) is 30.5 Å². The summed E-state index contributed by atoms with van der Waals surface area (Å²) in [5.41, 5.74) is 4.91. The molecule has 0 unspecified atom stereocenters. The van der Waals surface area contributed by atoms with Gasteiger partial charge >= 0.3 is 0 Å². The standard InChI is InChI=1S/C23H21N7O/c1-15-28-29-22-18(13-17(14-30(15)22)16-8-11-24-12-9-16)23(31)25-10-4-7-21-26-19-5-2-3-6-20(19)27-21/h2-3,5-6,8-9,11-14H,4,7,10H2,1H3,(H,25,31)(H,26,27). The van der Waals surface area contributed by atoms with Crippen molar-refractivity contribution in [2.24, 2.45) is 0 Å². The highest BCUT2D eigenvalue weighted by Gasteiger charge is 2.16. The highest BCUT2D eigenvalue weighted by molar-refractivity contribution is 6.01. The number of amides is 1. The molecule has 8 nitrogen and oxygen atoms in total. The number of nitrogens with one attached hydrogen (secondary N) is 2. The summed E-state index contributed by atoms with van der Waals surface area (Å²) in [5, 5.41) is 11.3. The van der Waals surface area contributed by atoms with Crippen LogP contribution in [0.2, 0.25) is 0 Å². The Labute approximate surface area is 178 Å². The number of para-hydroxylation sites is 2. The third-order valence-electron chi connectivity index (χ3n) is 5.25. The number of pyridine rings is 2. The van der Waals surface area contributed by atoms with Crippen LogP contribution in [-0.2, 0) is 6.42 Å². The zero-order chi connectivity index (χ0) is 21.2. The Morgan fingerprint density at radius 2 is 1.94 bits per heavy atom. The molecule has 5 aromatic rings. The molecule has 1 aromatic carbocycles. The number of fused-ring (bicyclic) bond motifs is 2. The van der Waals surface area contributed by atoms with E-state index in [0.29, 0.717) is 17.8 Å². The molecule has 0 radical (unpaired) electrons. The van der Waals surface area contributed by atoms with Gasteiger partial charge < -0.3 is 10.3 Å². The number of hydrogen-bond donors (Lipinski definition) is 2. The van der Waals surface area contributed by atoms with Crippen LogP contribution in [0.5, 0.6) is 0 Å². The van der Waals surface area contributed by atoms with Crippen LogP contribution >= 0.6 is 0 Å². The van der Waals surface area contributed by atoms with Crippen molar-refractivity contribution in [3.8, 4) is 11.1 Å². The number of carbonyl (C=O) groups is 1. The maximum atomic E-state index is 13.0. The van der Waals surface area contributed by atoms with Gasteiger partial charge in [0.05, 0.1) is 16.6 Å². The van der Waals surface area contributed by atoms with E-state index < -0.39 is 0 Å². The normalized spacial score (nSPS) is 11.3. The Morgan fingerprint density at radius 3 is 2.77 bits per heavy atom. The summed E-state index contributed by atoms with van der Waals surface area (Å²) in [6, 6.07) is 13.6. The number of benzene rings is 1. The number of nitrogens with zero attached hydrogens (tertiary/aromatic N) is 5. The molecule has 1 amide bonds. The zero-order valence-electron chi connectivity index (χ0n) is 17.0. The van der Waals surface area contributed by atoms with Crippen LogP contribution in [0.25, 0.3) is 27.8 Å². The number of H-pyrrole nitrogens is 1. The van der Waals surface area contributed by atoms with Gasteiger partial charge in [0, 0.05) is 31.6 Å². The van der Waals surface area contributed by atoms with Crippen molar-refractivity contribution in [3.05, 3.63) is 78.3 Å². The highest BCUT2D eigenvalue weighted by atomic mass is 16.1. The third kappa shape index (κ3) is 3.75. The second-order valence-electron chi connectivity index (χ2n) is 7.38. The number of imidazole rings is 1. The first-order valence-electron chi connectivity index (χ1n) is 10.2. The predicted molar refractivity (Wildman–Crippen MR) is 118 cm³/mol. The topological polar surface area (TPSA) is 101 Å². The molecule has 8 heteroatoms. The molecule has 0 aliphatic carbocycles. The van der Waals surface area contributed by atoms with Gasteiger partial charge in [-0.05, 0) is 54.8 Å². The first-order chi connectivity index (χ1) is 15.2. The summed E-state index contributed by atoms with van der Waals surface area (Å²) in [6.07, 6.45) is 6.94. The molecule has 4 aromatic heterocycles. The van der Waals surface area contributed by atoms with Gasteiger partial charge in [-0.15, -0.1) is 10.2 Å². The van der Waals surface area contributed by atoms with Crippen LogP contribution in [0, 0.1) is 6.92 Å². The Morgan fingerprint density at radius 1 is 1.10 bits per heavy atom. The highest BCUT2D eigenvalue weighted by Crippen LogP contribution is 2.23. The van der Waals surface area contributed by atoms with Crippen molar-refractivity contribution in [1.82, 2.24) is 34.9 Å². The Balaban J connectivity index is 1.32. The van der Waals surface area contributed by atoms with Gasteiger partial charge in [0.25, 0.3) is 5.91 Å². The second kappa shape index (κ2) is 7.98. The van der Waals surface area contributed by atoms with E-state index in [4.69, 9.17) is 0 Å². The molecule has 154 valence electrons. The Bertz CT molecular complexity index is 1340. The summed E-state index contributed by atoms with van der Waals surface area (Å²) in [5.74, 6) is 1.48. The van der Waals surface area contributed by atoms with E-state index in [1.165, 1.54) is 0 Å². The molecular formula is C23H21N7O. The van der Waals surface area contributed by atoms with Crippen LogP contribution in [-0.4, -0.2) is 42.0 Å². The van der Waals surface area contributed by atoms with Gasteiger partial charge in [-0.2, -0.15) is 0 Å². The van der Waals surface area contributed by atoms with Crippen molar-refractivity contribution in [2.45, 2.75) is 19.8 Å². The van der Waals surface area contributed by atoms with E-state index in [9.17, 15) is 4.79 Å². The predicted octanol–water partition coefficient (Wildman–Crippen LogP) is 3.34. The largest absolute Gasteiger partial charge is 0.352 e. The average Bonchev–Trinajstić information content (AvgIpc) is 3.39. The number of rotatable bonds is 6. The van der Waals surface area contributed by atoms with Crippen molar-refractivity contribution >= 4 is 22.6 Å². The third-order valence-corrected chi connectivity index (χ3v) is 5.25. The van der Waals surface area contributed by atoms with Crippen molar-refractivity contribution in [3.63, 3.8) is 0 Å². The molecule has 2 N–H and O–H groups in total. The Kier molecular flexibility index (Phi) is 4.87. The molecule has 0 saturated carbocycles. The first-order valence-corrected chi connectivity index (χ1v) is 10.2. The quantitative estimate of drug-likeness (QED) is 0.417. The minimum atomic E-state index is -0.169. The van der Waals surface area contributed by atoms with Gasteiger partial charge in [0.2, 0.25) is 0 Å². The number of carbonyl (C=O) groups excluding carboxylic acids is 1. The van der Waals surface area contributed by atoms with Crippen LogP contribution < -0.4 is 5.32 Å². The Hall–Kier alpha value is -4.07. The summed E-state index contributed by atoms with van der Waals surface area (Å²) < 4.78 is 1.85. The SMILES string of the molecule is Cc1nnc2c(C(=O)NCCCc3nc4ccccc4[nH]3)cc(-c3ccncc3)cn12. The lowest BCUT2D eigenvalue weighted by Gasteiger charge is -2.09. The summed E-state index contributed by atoms with van der Waals surface area (Å²) in [6.45, 7) is 2.40. The molecule has 4 heterocycles. The molecule has 0 saturated heterocycles. The van der Waals surface area contributed by atoms with Gasteiger partial charge in [-0.3, -0.25) is 14.2 Å². The molecule has 0 bridgehead atoms. The van der Waals surface area contributed by atoms with Gasteiger partial charge in [-0.25, -0.2) is 4.98 Å². The molecule has 0 aliphatic rings. The number of aromatic amines is 1. The fourth-order valence-electron chi connectivity index (χ4n) is 3.65. The minimum absolute atomic E-state index is 0.169. The molecular weight excluding hydrogens is 390 g/mol. The second-order valence-corrected chi connectivity index (χ2v) is 7.38. The summed E-state index contributed by atoms with van der Waals surface area (Å²) >= 11 is 0. The minimum Gasteiger partial charge on any atom is -0.352 e. The number of hydrogen-bond acceptors (Lipinski definition) is 5. The molecule has 31 heavy (non-hydrogen) atoms. The lowest BCUT2D eigenvalue weighted by Crippen LogP contribution is -2.25. The number of aryl methyl sites for hydroxylation is 2. The van der Waals surface area contributed by atoms with Crippen molar-refractivity contribution < 1.29 is 4.79 Å². The van der Waals surface area contributed by atoms with Crippen LogP contribution in [0.4, 0.5) is 0 Å². The fourth-order valence-corrected chi connectivity index (χ4v) is 3.65. The maximum absolute atomic E-state index is 13.0. The van der Waals surface area contributed by atoms with E-state index in [0.717, 1.165) is 46.7 Å². The van der Waals surface area contributed by atoms with E-state index in [1.807, 2.05) is 60.0 Å². The smallest absolute Gasteiger partial charge is 0.255 e. The molecule has 0 fully saturated rings. The lowest BCUT2D eigenvalue weighted by molar-refractivity contribution is 0.0954. The van der Waals surface area contributed by atoms with E-state index >= 15 is 0 Å². The maximum Gasteiger partial charge on any atom is 0.255 e. The first kappa shape index (κ1) is 18.9. The summed E-state index contributed by atoms with van der Waals surface area (Å²) in [7, 11) is 0. The lowest BCUT2D eigenvalue weighted by atomic mass is 10.1. The van der Waals surface area contributed by atoms with Crippen LogP contribution in [0.15, 0.2) is 61.1 Å². The molecule has 0 aliphatic heterocycles.